The second kappa shape index (κ2) is 8.94. The number of H-pyrrole nitrogens is 1. The molecule has 1 aromatic heterocycles. The van der Waals surface area contributed by atoms with Crippen molar-refractivity contribution in [2.24, 2.45) is 0 Å². The van der Waals surface area contributed by atoms with E-state index < -0.39 is 21.8 Å². The number of aromatic nitrogens is 2. The predicted octanol–water partition coefficient (Wildman–Crippen LogP) is 3.17. The Morgan fingerprint density at radius 3 is 2.65 bits per heavy atom. The number of carbonyl (C=O) groups is 2. The van der Waals surface area contributed by atoms with Gasteiger partial charge < -0.3 is 15.2 Å². The summed E-state index contributed by atoms with van der Waals surface area (Å²) < 4.78 is 29.4. The largest absolute Gasteiger partial charge is 0.497 e. The maximum Gasteiger partial charge on any atom is 0.408 e. The zero-order chi connectivity index (χ0) is 24.7. The van der Waals surface area contributed by atoms with E-state index in [-0.39, 0.29) is 28.8 Å². The number of ether oxygens (including phenoxy) is 1. The molecular formula is C23H30N4O6S. The Hall–Kier alpha value is -3.08. The van der Waals surface area contributed by atoms with E-state index in [1.807, 2.05) is 6.92 Å². The highest BCUT2D eigenvalue weighted by Crippen LogP contribution is 2.47. The summed E-state index contributed by atoms with van der Waals surface area (Å²) in [6, 6.07) is 6.25. The molecule has 0 spiro atoms. The molecule has 0 unspecified atom stereocenters. The summed E-state index contributed by atoms with van der Waals surface area (Å²) in [6.07, 6.45) is 4.20. The Morgan fingerprint density at radius 2 is 2.03 bits per heavy atom. The maximum absolute atomic E-state index is 12.7. The van der Waals surface area contributed by atoms with Crippen molar-refractivity contribution in [3.8, 4) is 5.75 Å². The molecule has 184 valence electrons. The Morgan fingerprint density at radius 1 is 1.29 bits per heavy atom. The van der Waals surface area contributed by atoms with Crippen LogP contribution in [0.2, 0.25) is 0 Å². The van der Waals surface area contributed by atoms with Gasteiger partial charge in [0, 0.05) is 35.5 Å². The van der Waals surface area contributed by atoms with Gasteiger partial charge >= 0.3 is 6.09 Å². The molecule has 11 heteroatoms. The average molecular weight is 491 g/mol. The molecule has 2 fully saturated rings. The molecule has 4 rings (SSSR count). The van der Waals surface area contributed by atoms with Crippen LogP contribution in [0.3, 0.4) is 0 Å². The van der Waals surface area contributed by atoms with E-state index in [0.717, 1.165) is 37.6 Å². The molecule has 2 aliphatic carbocycles. The Bertz CT molecular complexity index is 1200. The summed E-state index contributed by atoms with van der Waals surface area (Å²) in [5, 5.41) is 19.6. The molecule has 1 aromatic carbocycles. The van der Waals surface area contributed by atoms with E-state index in [4.69, 9.17) is 4.74 Å². The first-order valence-corrected chi connectivity index (χ1v) is 13.1. The average Bonchev–Trinajstić information content (AvgIpc) is 3.14. The molecule has 34 heavy (non-hydrogen) atoms. The van der Waals surface area contributed by atoms with E-state index in [9.17, 15) is 23.1 Å². The number of nitrogens with one attached hydrogen (secondary N) is 2. The first-order valence-electron chi connectivity index (χ1n) is 11.2. The number of hydrogen-bond acceptors (Lipinski definition) is 6. The first-order chi connectivity index (χ1) is 16.0. The van der Waals surface area contributed by atoms with E-state index in [2.05, 4.69) is 15.5 Å². The van der Waals surface area contributed by atoms with E-state index in [1.54, 1.807) is 23.1 Å². The lowest BCUT2D eigenvalue weighted by Crippen LogP contribution is -2.45. The fourth-order valence-electron chi connectivity index (χ4n) is 4.88. The van der Waals surface area contributed by atoms with Crippen LogP contribution in [0.1, 0.15) is 56.2 Å². The van der Waals surface area contributed by atoms with Gasteiger partial charge in [0.2, 0.25) is 5.91 Å². The van der Waals surface area contributed by atoms with Crippen LogP contribution in [0, 0.1) is 0 Å². The quantitative estimate of drug-likeness (QED) is 0.516. The standard InChI is InChI=1S/C23H30N4O6S/c1-23(8-9-23)27(22(29)30)16-5-4-14(10-16)18-13-20(26-25-18)24-21(28)12-15-11-17(33-2)6-7-19(15)34(3,31)32/h6-7,11,13-14,16H,4-5,8-10,12H2,1-3H3,(H,29,30)(H2,24,25,26,28)/t14-,16+/m0/s1. The van der Waals surface area contributed by atoms with Gasteiger partial charge in [-0.05, 0) is 62.8 Å². The number of amides is 2. The van der Waals surface area contributed by atoms with Gasteiger partial charge in [0.15, 0.2) is 15.7 Å². The van der Waals surface area contributed by atoms with Crippen LogP contribution in [0.4, 0.5) is 10.6 Å². The smallest absolute Gasteiger partial charge is 0.408 e. The van der Waals surface area contributed by atoms with Crippen molar-refractivity contribution in [1.82, 2.24) is 15.1 Å². The Labute approximate surface area is 198 Å². The van der Waals surface area contributed by atoms with Crippen molar-refractivity contribution < 1.29 is 27.9 Å². The number of anilines is 1. The van der Waals surface area contributed by atoms with Crippen LogP contribution in [0.5, 0.6) is 5.75 Å². The third-order valence-corrected chi connectivity index (χ3v) is 8.05. The highest BCUT2D eigenvalue weighted by Gasteiger charge is 2.50. The monoisotopic (exact) mass is 490 g/mol. The summed E-state index contributed by atoms with van der Waals surface area (Å²) in [7, 11) is -2.04. The normalized spacial score (nSPS) is 21.1. The SMILES string of the molecule is COc1ccc(S(C)(=O)=O)c(CC(=O)Nc2cc([C@H]3CC[C@@H](N(C(=O)O)C4(C)CC4)C3)[nH]n2)c1. The zero-order valence-electron chi connectivity index (χ0n) is 19.5. The van der Waals surface area contributed by atoms with Crippen LogP contribution in [0.25, 0.3) is 0 Å². The molecule has 0 saturated heterocycles. The van der Waals surface area contributed by atoms with Gasteiger partial charge in [0.05, 0.1) is 18.4 Å². The van der Waals surface area contributed by atoms with Crippen molar-refractivity contribution in [2.75, 3.05) is 18.7 Å². The molecule has 0 aliphatic heterocycles. The molecule has 0 bridgehead atoms. The molecule has 3 N–H and O–H groups in total. The third kappa shape index (κ3) is 5.03. The number of methoxy groups -OCH3 is 1. The van der Waals surface area contributed by atoms with E-state index in [1.165, 1.54) is 13.2 Å². The van der Waals surface area contributed by atoms with Crippen molar-refractivity contribution in [1.29, 1.82) is 0 Å². The van der Waals surface area contributed by atoms with Crippen molar-refractivity contribution in [2.45, 2.75) is 67.8 Å². The van der Waals surface area contributed by atoms with E-state index in [0.29, 0.717) is 23.6 Å². The van der Waals surface area contributed by atoms with Gasteiger partial charge in [-0.15, -0.1) is 0 Å². The Kier molecular flexibility index (Phi) is 6.32. The van der Waals surface area contributed by atoms with Gasteiger partial charge in [-0.3, -0.25) is 14.8 Å². The first kappa shape index (κ1) is 24.1. The van der Waals surface area contributed by atoms with Crippen LogP contribution in [-0.2, 0) is 21.1 Å². The van der Waals surface area contributed by atoms with Crippen LogP contribution >= 0.6 is 0 Å². The molecule has 2 aliphatic rings. The molecule has 10 nitrogen and oxygen atoms in total. The third-order valence-electron chi connectivity index (χ3n) is 6.85. The summed E-state index contributed by atoms with van der Waals surface area (Å²) in [6.45, 7) is 2.00. The number of carbonyl (C=O) groups excluding carboxylic acids is 1. The lowest BCUT2D eigenvalue weighted by molar-refractivity contribution is -0.115. The van der Waals surface area contributed by atoms with Gasteiger partial charge in [-0.1, -0.05) is 0 Å². The minimum absolute atomic E-state index is 0.0289. The number of benzene rings is 1. The van der Waals surface area contributed by atoms with Crippen molar-refractivity contribution in [3.63, 3.8) is 0 Å². The van der Waals surface area contributed by atoms with Gasteiger partial charge in [0.1, 0.15) is 5.75 Å². The molecule has 0 radical (unpaired) electrons. The summed E-state index contributed by atoms with van der Waals surface area (Å²) in [5.41, 5.74) is 0.946. The molecule has 2 atom stereocenters. The fourth-order valence-corrected chi connectivity index (χ4v) is 5.80. The second-order valence-electron chi connectivity index (χ2n) is 9.49. The second-order valence-corrected chi connectivity index (χ2v) is 11.5. The highest BCUT2D eigenvalue weighted by molar-refractivity contribution is 7.90. The van der Waals surface area contributed by atoms with Crippen LogP contribution in [-0.4, -0.2) is 65.6 Å². The van der Waals surface area contributed by atoms with Crippen molar-refractivity contribution in [3.05, 3.63) is 35.5 Å². The highest BCUT2D eigenvalue weighted by atomic mass is 32.2. The topological polar surface area (TPSA) is 142 Å². The molecule has 1 heterocycles. The number of hydrogen-bond donors (Lipinski definition) is 3. The minimum atomic E-state index is -3.51. The zero-order valence-corrected chi connectivity index (χ0v) is 20.3. The number of sulfone groups is 1. The van der Waals surface area contributed by atoms with Crippen LogP contribution < -0.4 is 10.1 Å². The summed E-state index contributed by atoms with van der Waals surface area (Å²) in [5.74, 6) is 0.529. The molecular weight excluding hydrogens is 460 g/mol. The van der Waals surface area contributed by atoms with Gasteiger partial charge in [-0.2, -0.15) is 5.10 Å². The number of aromatic amines is 1. The van der Waals surface area contributed by atoms with Crippen molar-refractivity contribution >= 4 is 27.7 Å². The summed E-state index contributed by atoms with van der Waals surface area (Å²) >= 11 is 0. The molecule has 2 amide bonds. The number of rotatable bonds is 8. The van der Waals surface area contributed by atoms with Crippen LogP contribution in [0.15, 0.2) is 29.2 Å². The number of nitrogens with zero attached hydrogens (tertiary/aromatic N) is 2. The Balaban J connectivity index is 1.41. The fraction of sp³-hybridized carbons (Fsp3) is 0.522. The summed E-state index contributed by atoms with van der Waals surface area (Å²) in [4.78, 5) is 26.2. The maximum atomic E-state index is 12.7. The lowest BCUT2D eigenvalue weighted by Gasteiger charge is -2.32. The van der Waals surface area contributed by atoms with Gasteiger partial charge in [0.25, 0.3) is 0 Å². The van der Waals surface area contributed by atoms with Gasteiger partial charge in [-0.25, -0.2) is 13.2 Å². The lowest BCUT2D eigenvalue weighted by atomic mass is 10.0. The molecule has 2 aromatic rings. The minimum Gasteiger partial charge on any atom is -0.497 e. The molecule has 2 saturated carbocycles. The predicted molar refractivity (Wildman–Crippen MR) is 125 cm³/mol. The van der Waals surface area contributed by atoms with E-state index >= 15 is 0 Å². The number of carboxylic acid groups (broad SMARTS) is 1.